The number of nitrogens with one attached hydrogen (secondary N) is 1. The Morgan fingerprint density at radius 1 is 1.25 bits per heavy atom. The van der Waals surface area contributed by atoms with Crippen LogP contribution in [0.1, 0.15) is 40.0 Å². The molecule has 1 saturated heterocycles. The van der Waals surface area contributed by atoms with Gasteiger partial charge in [-0.05, 0) is 60.2 Å². The zero-order chi connectivity index (χ0) is 12.0. The fourth-order valence-electron chi connectivity index (χ4n) is 2.10. The van der Waals surface area contributed by atoms with Crippen molar-refractivity contribution in [1.29, 1.82) is 0 Å². The van der Waals surface area contributed by atoms with Crippen LogP contribution in [0.15, 0.2) is 0 Å². The molecule has 1 rings (SSSR count). The Hall–Kier alpha value is -0.120. The standard InChI is InChI=1S/C13H28N2O/c1-13(2,3)14-8-5-9-15(4)12-6-10-16-11-7-12/h12,14H,5-11H2,1-4H3. The molecule has 0 amide bonds. The minimum atomic E-state index is 0.247. The third-order valence-corrected chi connectivity index (χ3v) is 3.16. The van der Waals surface area contributed by atoms with Gasteiger partial charge in [-0.1, -0.05) is 0 Å². The van der Waals surface area contributed by atoms with Gasteiger partial charge in [0.25, 0.3) is 0 Å². The molecule has 0 radical (unpaired) electrons. The van der Waals surface area contributed by atoms with Gasteiger partial charge in [-0.15, -0.1) is 0 Å². The first kappa shape index (κ1) is 13.9. The van der Waals surface area contributed by atoms with Gasteiger partial charge in [0, 0.05) is 24.8 Å². The van der Waals surface area contributed by atoms with Crippen molar-refractivity contribution in [2.75, 3.05) is 33.4 Å². The molecular formula is C13H28N2O. The SMILES string of the molecule is CN(CCCNC(C)(C)C)C1CCOCC1. The highest BCUT2D eigenvalue weighted by Crippen LogP contribution is 2.12. The van der Waals surface area contributed by atoms with Crippen LogP contribution in [0.5, 0.6) is 0 Å². The minimum Gasteiger partial charge on any atom is -0.381 e. The topological polar surface area (TPSA) is 24.5 Å². The molecule has 1 N–H and O–H groups in total. The predicted molar refractivity (Wildman–Crippen MR) is 68.8 cm³/mol. The van der Waals surface area contributed by atoms with Crippen molar-refractivity contribution in [3.05, 3.63) is 0 Å². The number of rotatable bonds is 5. The van der Waals surface area contributed by atoms with E-state index in [1.54, 1.807) is 0 Å². The van der Waals surface area contributed by atoms with Crippen LogP contribution in [0, 0.1) is 0 Å². The van der Waals surface area contributed by atoms with Crippen molar-refractivity contribution in [3.8, 4) is 0 Å². The summed E-state index contributed by atoms with van der Waals surface area (Å²) in [6, 6.07) is 0.739. The van der Waals surface area contributed by atoms with Crippen LogP contribution in [0.2, 0.25) is 0 Å². The lowest BCUT2D eigenvalue weighted by atomic mass is 10.1. The van der Waals surface area contributed by atoms with E-state index in [0.717, 1.165) is 25.8 Å². The van der Waals surface area contributed by atoms with E-state index in [-0.39, 0.29) is 5.54 Å². The molecule has 1 aliphatic heterocycles. The van der Waals surface area contributed by atoms with Gasteiger partial charge in [0.15, 0.2) is 0 Å². The van der Waals surface area contributed by atoms with Crippen LogP contribution in [0.25, 0.3) is 0 Å². The maximum Gasteiger partial charge on any atom is 0.0480 e. The monoisotopic (exact) mass is 228 g/mol. The van der Waals surface area contributed by atoms with Crippen LogP contribution < -0.4 is 5.32 Å². The summed E-state index contributed by atoms with van der Waals surface area (Å²) in [5.41, 5.74) is 0.247. The van der Waals surface area contributed by atoms with Crippen LogP contribution in [-0.2, 0) is 4.74 Å². The summed E-state index contributed by atoms with van der Waals surface area (Å²) in [4.78, 5) is 2.49. The summed E-state index contributed by atoms with van der Waals surface area (Å²) in [7, 11) is 2.24. The molecule has 0 unspecified atom stereocenters. The highest BCUT2D eigenvalue weighted by molar-refractivity contribution is 4.73. The second-order valence-corrected chi connectivity index (χ2v) is 5.85. The Morgan fingerprint density at radius 3 is 2.44 bits per heavy atom. The molecule has 96 valence electrons. The minimum absolute atomic E-state index is 0.247. The first-order valence-corrected chi connectivity index (χ1v) is 6.52. The van der Waals surface area contributed by atoms with Crippen LogP contribution >= 0.6 is 0 Å². The van der Waals surface area contributed by atoms with Crippen molar-refractivity contribution in [2.45, 2.75) is 51.6 Å². The van der Waals surface area contributed by atoms with E-state index in [2.05, 4.69) is 38.0 Å². The second kappa shape index (κ2) is 6.58. The molecule has 0 aromatic rings. The van der Waals surface area contributed by atoms with Crippen LogP contribution in [0.3, 0.4) is 0 Å². The van der Waals surface area contributed by atoms with Gasteiger partial charge in [-0.2, -0.15) is 0 Å². The normalized spacial score (nSPS) is 19.3. The molecule has 1 heterocycles. The maximum absolute atomic E-state index is 5.38. The van der Waals surface area contributed by atoms with E-state index >= 15 is 0 Å². The average Bonchev–Trinajstić information content (AvgIpc) is 2.24. The van der Waals surface area contributed by atoms with Crippen molar-refractivity contribution < 1.29 is 4.74 Å². The summed E-state index contributed by atoms with van der Waals surface area (Å²) in [5.74, 6) is 0. The Bertz CT molecular complexity index is 183. The Morgan fingerprint density at radius 2 is 1.88 bits per heavy atom. The molecule has 0 aliphatic carbocycles. The Balaban J connectivity index is 2.07. The quantitative estimate of drug-likeness (QED) is 0.727. The van der Waals surface area contributed by atoms with Gasteiger partial charge < -0.3 is 15.0 Å². The summed E-state index contributed by atoms with van der Waals surface area (Å²) in [6.45, 7) is 10.8. The zero-order valence-electron chi connectivity index (χ0n) is 11.4. The first-order chi connectivity index (χ1) is 7.49. The van der Waals surface area contributed by atoms with Crippen molar-refractivity contribution in [3.63, 3.8) is 0 Å². The van der Waals surface area contributed by atoms with Crippen molar-refractivity contribution >= 4 is 0 Å². The molecule has 3 nitrogen and oxygen atoms in total. The Kier molecular flexibility index (Phi) is 5.73. The highest BCUT2D eigenvalue weighted by atomic mass is 16.5. The van der Waals surface area contributed by atoms with Gasteiger partial charge in [-0.25, -0.2) is 0 Å². The van der Waals surface area contributed by atoms with E-state index in [4.69, 9.17) is 4.74 Å². The third kappa shape index (κ3) is 5.83. The van der Waals surface area contributed by atoms with Crippen LogP contribution in [0.4, 0.5) is 0 Å². The summed E-state index contributed by atoms with van der Waals surface area (Å²) >= 11 is 0. The maximum atomic E-state index is 5.38. The molecular weight excluding hydrogens is 200 g/mol. The lowest BCUT2D eigenvalue weighted by Gasteiger charge is -2.31. The molecule has 0 aromatic heterocycles. The van der Waals surface area contributed by atoms with Gasteiger partial charge in [-0.3, -0.25) is 0 Å². The number of ether oxygens (including phenoxy) is 1. The number of hydrogen-bond donors (Lipinski definition) is 1. The number of hydrogen-bond acceptors (Lipinski definition) is 3. The summed E-state index contributed by atoms with van der Waals surface area (Å²) < 4.78 is 5.38. The molecule has 0 spiro atoms. The fraction of sp³-hybridized carbons (Fsp3) is 1.00. The van der Waals surface area contributed by atoms with Crippen molar-refractivity contribution in [1.82, 2.24) is 10.2 Å². The third-order valence-electron chi connectivity index (χ3n) is 3.16. The highest BCUT2D eigenvalue weighted by Gasteiger charge is 2.17. The lowest BCUT2D eigenvalue weighted by molar-refractivity contribution is 0.0427. The molecule has 0 aromatic carbocycles. The van der Waals surface area contributed by atoms with Gasteiger partial charge in [0.2, 0.25) is 0 Å². The van der Waals surface area contributed by atoms with E-state index in [0.29, 0.717) is 0 Å². The van der Waals surface area contributed by atoms with Crippen molar-refractivity contribution in [2.24, 2.45) is 0 Å². The smallest absolute Gasteiger partial charge is 0.0480 e. The molecule has 0 bridgehead atoms. The lowest BCUT2D eigenvalue weighted by Crippen LogP contribution is -2.40. The number of nitrogens with zero attached hydrogens (tertiary/aromatic N) is 1. The molecule has 1 fully saturated rings. The van der Waals surface area contributed by atoms with E-state index < -0.39 is 0 Å². The molecule has 0 atom stereocenters. The second-order valence-electron chi connectivity index (χ2n) is 5.85. The summed E-state index contributed by atoms with van der Waals surface area (Å²) in [5, 5.41) is 3.53. The largest absolute Gasteiger partial charge is 0.381 e. The van der Waals surface area contributed by atoms with E-state index in [1.165, 1.54) is 25.8 Å². The van der Waals surface area contributed by atoms with Gasteiger partial charge >= 0.3 is 0 Å². The molecule has 0 saturated carbocycles. The zero-order valence-corrected chi connectivity index (χ0v) is 11.4. The average molecular weight is 228 g/mol. The fourth-order valence-corrected chi connectivity index (χ4v) is 2.10. The van der Waals surface area contributed by atoms with E-state index in [1.807, 2.05) is 0 Å². The Labute approximate surface area is 101 Å². The molecule has 3 heteroatoms. The van der Waals surface area contributed by atoms with Crippen LogP contribution in [-0.4, -0.2) is 49.8 Å². The van der Waals surface area contributed by atoms with Gasteiger partial charge in [0.05, 0.1) is 0 Å². The van der Waals surface area contributed by atoms with Gasteiger partial charge in [0.1, 0.15) is 0 Å². The predicted octanol–water partition coefficient (Wildman–Crippen LogP) is 1.88. The molecule has 16 heavy (non-hydrogen) atoms. The van der Waals surface area contributed by atoms with E-state index in [9.17, 15) is 0 Å². The first-order valence-electron chi connectivity index (χ1n) is 6.52. The summed E-state index contributed by atoms with van der Waals surface area (Å²) in [6.07, 6.45) is 3.62. The molecule has 1 aliphatic rings.